The summed E-state index contributed by atoms with van der Waals surface area (Å²) in [6.07, 6.45) is 4.24. The first-order chi connectivity index (χ1) is 15.4. The summed E-state index contributed by atoms with van der Waals surface area (Å²) in [7, 11) is 4.12. The molecule has 0 radical (unpaired) electrons. The molecule has 1 heterocycles. The molecule has 1 saturated carbocycles. The quantitative estimate of drug-likeness (QED) is 0.463. The van der Waals surface area contributed by atoms with Gasteiger partial charge in [0.2, 0.25) is 0 Å². The van der Waals surface area contributed by atoms with Gasteiger partial charge >= 0.3 is 0 Å². The number of carbonyl (C=O) groups excluding carboxylic acids is 1. The molecule has 0 spiro atoms. The average molecular weight is 471 g/mol. The Labute approximate surface area is 199 Å². The third-order valence-electron chi connectivity index (χ3n) is 6.11. The second-order valence-corrected chi connectivity index (χ2v) is 9.45. The second kappa shape index (κ2) is 9.97. The van der Waals surface area contributed by atoms with Crippen LogP contribution in [0.5, 0.6) is 0 Å². The van der Waals surface area contributed by atoms with Crippen LogP contribution in [-0.4, -0.2) is 37.6 Å². The van der Waals surface area contributed by atoms with E-state index in [-0.39, 0.29) is 5.91 Å². The summed E-state index contributed by atoms with van der Waals surface area (Å²) in [4.78, 5) is 19.4. The van der Waals surface area contributed by atoms with Gasteiger partial charge < -0.3 is 15.5 Å². The van der Waals surface area contributed by atoms with Crippen LogP contribution in [0.4, 0.5) is 11.5 Å². The number of aromatic nitrogens is 1. The van der Waals surface area contributed by atoms with Crippen LogP contribution >= 0.6 is 23.2 Å². The highest BCUT2D eigenvalue weighted by Gasteiger charge is 2.22. The third-order valence-corrected chi connectivity index (χ3v) is 6.85. The number of pyridine rings is 1. The lowest BCUT2D eigenvalue weighted by atomic mass is 9.86. The first-order valence-corrected chi connectivity index (χ1v) is 11.7. The van der Waals surface area contributed by atoms with Gasteiger partial charge in [-0.2, -0.15) is 0 Å². The predicted octanol–water partition coefficient (Wildman–Crippen LogP) is 6.01. The van der Waals surface area contributed by atoms with Crippen molar-refractivity contribution in [3.8, 4) is 0 Å². The molecule has 0 aliphatic heterocycles. The van der Waals surface area contributed by atoms with Crippen molar-refractivity contribution in [3.63, 3.8) is 0 Å². The number of fused-ring (bicyclic) bond motifs is 1. The van der Waals surface area contributed by atoms with Crippen LogP contribution in [0.25, 0.3) is 10.9 Å². The molecule has 1 aliphatic carbocycles. The zero-order valence-electron chi connectivity index (χ0n) is 18.4. The molecule has 0 bridgehead atoms. The van der Waals surface area contributed by atoms with E-state index in [1.54, 1.807) is 18.2 Å². The number of nitrogens with zero attached hydrogens (tertiary/aromatic N) is 2. The minimum Gasteiger partial charge on any atom is -0.377 e. The third kappa shape index (κ3) is 5.28. The number of halogens is 2. The van der Waals surface area contributed by atoms with E-state index in [9.17, 15) is 4.79 Å². The number of hydrogen-bond donors (Lipinski definition) is 2. The molecule has 2 aromatic carbocycles. The van der Waals surface area contributed by atoms with Crippen LogP contribution in [0, 0.1) is 5.92 Å². The van der Waals surface area contributed by atoms with E-state index < -0.39 is 0 Å². The molecule has 0 unspecified atom stereocenters. The zero-order chi connectivity index (χ0) is 22.7. The topological polar surface area (TPSA) is 57.3 Å². The van der Waals surface area contributed by atoms with Gasteiger partial charge in [0.1, 0.15) is 5.82 Å². The molecule has 0 saturated heterocycles. The van der Waals surface area contributed by atoms with Crippen LogP contribution < -0.4 is 15.5 Å². The predicted molar refractivity (Wildman–Crippen MR) is 134 cm³/mol. The summed E-state index contributed by atoms with van der Waals surface area (Å²) >= 11 is 12.0. The molecular formula is C25H28Cl2N4O. The molecule has 1 amide bonds. The number of hydrogen-bond acceptors (Lipinski definition) is 4. The van der Waals surface area contributed by atoms with Crippen LogP contribution in [0.15, 0.2) is 48.5 Å². The Hall–Kier alpha value is -2.50. The summed E-state index contributed by atoms with van der Waals surface area (Å²) in [5.74, 6) is 1.28. The molecule has 3 aromatic rings. The monoisotopic (exact) mass is 470 g/mol. The maximum atomic E-state index is 12.4. The van der Waals surface area contributed by atoms with E-state index >= 15 is 0 Å². The summed E-state index contributed by atoms with van der Waals surface area (Å²) in [6.45, 7) is 0.671. The SMILES string of the molecule is CN(C)c1cc(NC2CCC(CNC(=O)c3ccc(Cl)c(Cl)c3)CC2)nc2ccccc12. The average Bonchev–Trinajstić information content (AvgIpc) is 2.79. The van der Waals surface area contributed by atoms with E-state index in [2.05, 4.69) is 47.8 Å². The Balaban J connectivity index is 1.31. The second-order valence-electron chi connectivity index (χ2n) is 8.64. The fourth-order valence-corrected chi connectivity index (χ4v) is 4.60. The van der Waals surface area contributed by atoms with Crippen molar-refractivity contribution in [2.24, 2.45) is 5.92 Å². The highest BCUT2D eigenvalue weighted by Crippen LogP contribution is 2.30. The molecule has 1 fully saturated rings. The number of anilines is 2. The standard InChI is InChI=1S/C25H28Cl2N4O/c1-31(2)23-14-24(30-22-6-4-3-5-19(22)23)29-18-10-7-16(8-11-18)15-28-25(32)17-9-12-20(26)21(27)13-17/h3-6,9,12-14,16,18H,7-8,10-11,15H2,1-2H3,(H,28,32)(H,29,30). The number of rotatable bonds is 6. The Morgan fingerprint density at radius 2 is 1.78 bits per heavy atom. The first-order valence-electron chi connectivity index (χ1n) is 11.0. The van der Waals surface area contributed by atoms with E-state index in [1.807, 2.05) is 12.1 Å². The Bertz CT molecular complexity index is 1110. The Morgan fingerprint density at radius 3 is 2.50 bits per heavy atom. The van der Waals surface area contributed by atoms with Crippen molar-refractivity contribution >= 4 is 51.5 Å². The number of amides is 1. The number of benzene rings is 2. The van der Waals surface area contributed by atoms with Gasteiger partial charge in [0.05, 0.1) is 15.6 Å². The molecule has 1 aliphatic rings. The van der Waals surface area contributed by atoms with Gasteiger partial charge in [-0.3, -0.25) is 4.79 Å². The molecule has 7 heteroatoms. The molecule has 2 N–H and O–H groups in total. The van der Waals surface area contributed by atoms with E-state index in [1.165, 1.54) is 0 Å². The van der Waals surface area contributed by atoms with Crippen LogP contribution in [0.1, 0.15) is 36.0 Å². The zero-order valence-corrected chi connectivity index (χ0v) is 19.9. The molecule has 168 valence electrons. The Kier molecular flexibility index (Phi) is 7.07. The lowest BCUT2D eigenvalue weighted by Crippen LogP contribution is -2.34. The first kappa shape index (κ1) is 22.7. The molecular weight excluding hydrogens is 443 g/mol. The largest absolute Gasteiger partial charge is 0.377 e. The minimum absolute atomic E-state index is 0.111. The van der Waals surface area contributed by atoms with Gasteiger partial charge in [0.25, 0.3) is 5.91 Å². The number of nitrogens with one attached hydrogen (secondary N) is 2. The van der Waals surface area contributed by atoms with Crippen molar-refractivity contribution < 1.29 is 4.79 Å². The highest BCUT2D eigenvalue weighted by molar-refractivity contribution is 6.42. The van der Waals surface area contributed by atoms with Gasteiger partial charge in [-0.25, -0.2) is 4.98 Å². The molecule has 32 heavy (non-hydrogen) atoms. The molecule has 1 aromatic heterocycles. The highest BCUT2D eigenvalue weighted by atomic mass is 35.5. The van der Waals surface area contributed by atoms with Gasteiger partial charge in [0, 0.05) is 49.4 Å². The summed E-state index contributed by atoms with van der Waals surface area (Å²) < 4.78 is 0. The summed E-state index contributed by atoms with van der Waals surface area (Å²) in [5, 5.41) is 8.68. The van der Waals surface area contributed by atoms with Gasteiger partial charge in [-0.15, -0.1) is 0 Å². The maximum absolute atomic E-state index is 12.4. The number of carbonyl (C=O) groups is 1. The maximum Gasteiger partial charge on any atom is 0.251 e. The van der Waals surface area contributed by atoms with E-state index in [0.717, 1.165) is 48.1 Å². The van der Waals surface area contributed by atoms with Crippen LogP contribution in [0.3, 0.4) is 0 Å². The van der Waals surface area contributed by atoms with Crippen molar-refractivity contribution in [1.82, 2.24) is 10.3 Å². The van der Waals surface area contributed by atoms with Crippen molar-refractivity contribution in [3.05, 3.63) is 64.1 Å². The number of para-hydroxylation sites is 1. The van der Waals surface area contributed by atoms with E-state index in [4.69, 9.17) is 28.2 Å². The smallest absolute Gasteiger partial charge is 0.251 e. The van der Waals surface area contributed by atoms with Crippen LogP contribution in [-0.2, 0) is 0 Å². The van der Waals surface area contributed by atoms with Crippen molar-refractivity contribution in [1.29, 1.82) is 0 Å². The Morgan fingerprint density at radius 1 is 1.03 bits per heavy atom. The normalized spacial score (nSPS) is 18.4. The van der Waals surface area contributed by atoms with Crippen molar-refractivity contribution in [2.75, 3.05) is 30.9 Å². The lowest BCUT2D eigenvalue weighted by Gasteiger charge is -2.30. The van der Waals surface area contributed by atoms with Crippen LogP contribution in [0.2, 0.25) is 10.0 Å². The fourth-order valence-electron chi connectivity index (χ4n) is 4.30. The minimum atomic E-state index is -0.111. The summed E-state index contributed by atoms with van der Waals surface area (Å²) in [5.41, 5.74) is 2.70. The van der Waals surface area contributed by atoms with Gasteiger partial charge in [-0.05, 0) is 55.9 Å². The lowest BCUT2D eigenvalue weighted by molar-refractivity contribution is 0.0943. The summed E-state index contributed by atoms with van der Waals surface area (Å²) in [6, 6.07) is 15.7. The van der Waals surface area contributed by atoms with E-state index in [0.29, 0.717) is 34.1 Å². The molecule has 0 atom stereocenters. The fraction of sp³-hybridized carbons (Fsp3) is 0.360. The molecule has 4 rings (SSSR count). The molecule has 5 nitrogen and oxygen atoms in total. The van der Waals surface area contributed by atoms with Gasteiger partial charge in [-0.1, -0.05) is 41.4 Å². The van der Waals surface area contributed by atoms with Crippen molar-refractivity contribution in [2.45, 2.75) is 31.7 Å². The van der Waals surface area contributed by atoms with Gasteiger partial charge in [0.15, 0.2) is 0 Å².